The van der Waals surface area contributed by atoms with Gasteiger partial charge in [-0.05, 0) is 56.7 Å². The van der Waals surface area contributed by atoms with Crippen LogP contribution in [0.4, 0.5) is 5.69 Å². The summed E-state index contributed by atoms with van der Waals surface area (Å²) in [4.78, 5) is 28.6. The van der Waals surface area contributed by atoms with E-state index in [-0.39, 0.29) is 22.9 Å². The summed E-state index contributed by atoms with van der Waals surface area (Å²) in [5.41, 5.74) is 1.39. The van der Waals surface area contributed by atoms with Gasteiger partial charge in [0, 0.05) is 34.8 Å². The van der Waals surface area contributed by atoms with Crippen molar-refractivity contribution in [1.82, 2.24) is 10.2 Å². The number of anilines is 1. The Morgan fingerprint density at radius 1 is 0.977 bits per heavy atom. The average Bonchev–Trinajstić information content (AvgIpc) is 2.99. The van der Waals surface area contributed by atoms with Crippen LogP contribution in [0.2, 0.25) is 10.0 Å². The summed E-state index contributed by atoms with van der Waals surface area (Å²) in [6.07, 6.45) is 1.64. The molecule has 1 N–H and O–H groups in total. The van der Waals surface area contributed by atoms with Crippen molar-refractivity contribution in [2.75, 3.05) is 31.6 Å². The Labute approximate surface area is 263 Å². The molecule has 0 unspecified atom stereocenters. The van der Waals surface area contributed by atoms with Gasteiger partial charge in [0.15, 0.2) is 0 Å². The molecule has 0 heterocycles. The van der Waals surface area contributed by atoms with Crippen LogP contribution in [0.3, 0.4) is 0 Å². The molecule has 3 aromatic carbocycles. The van der Waals surface area contributed by atoms with Crippen molar-refractivity contribution in [2.45, 2.75) is 51.1 Å². The molecular formula is C31H37Cl2N3O6S. The molecule has 0 spiro atoms. The summed E-state index contributed by atoms with van der Waals surface area (Å²) in [5, 5.41) is 3.46. The predicted molar refractivity (Wildman–Crippen MR) is 170 cm³/mol. The maximum Gasteiger partial charge on any atom is 0.264 e. The molecular weight excluding hydrogens is 613 g/mol. The van der Waals surface area contributed by atoms with E-state index < -0.39 is 34.4 Å². The number of carbonyl (C=O) groups is 2. The molecule has 3 rings (SSSR count). The zero-order valence-electron chi connectivity index (χ0n) is 24.9. The molecule has 0 radical (unpaired) electrons. The summed E-state index contributed by atoms with van der Waals surface area (Å²) >= 11 is 12.9. The first-order chi connectivity index (χ1) is 20.4. The molecule has 2 amide bonds. The van der Waals surface area contributed by atoms with Crippen molar-refractivity contribution < 1.29 is 27.5 Å². The second-order valence-electron chi connectivity index (χ2n) is 9.90. The van der Waals surface area contributed by atoms with Crippen LogP contribution in [-0.2, 0) is 26.2 Å². The number of amides is 2. The SMILES string of the molecule is CCCCNC(=O)[C@@H](C)N(Cc1c(Cl)cccc1Cl)C(=O)CN(c1cc(OC)ccc1OC)S(=O)(=O)c1ccc(C)cc1. The highest BCUT2D eigenvalue weighted by molar-refractivity contribution is 7.92. The Morgan fingerprint density at radius 2 is 1.63 bits per heavy atom. The summed E-state index contributed by atoms with van der Waals surface area (Å²) < 4.78 is 40.1. The number of hydrogen-bond acceptors (Lipinski definition) is 6. The quantitative estimate of drug-likeness (QED) is 0.220. The Hall–Kier alpha value is -3.47. The molecule has 43 heavy (non-hydrogen) atoms. The van der Waals surface area contributed by atoms with E-state index in [1.54, 1.807) is 49.4 Å². The number of ether oxygens (including phenoxy) is 2. The highest BCUT2D eigenvalue weighted by atomic mass is 35.5. The molecule has 12 heteroatoms. The Morgan fingerprint density at radius 3 is 2.21 bits per heavy atom. The number of carbonyl (C=O) groups excluding carboxylic acids is 2. The smallest absolute Gasteiger partial charge is 0.264 e. The number of nitrogens with zero attached hydrogens (tertiary/aromatic N) is 2. The number of rotatable bonds is 14. The first-order valence-corrected chi connectivity index (χ1v) is 16.0. The number of nitrogens with one attached hydrogen (secondary N) is 1. The van der Waals surface area contributed by atoms with Gasteiger partial charge in [0.25, 0.3) is 10.0 Å². The zero-order chi connectivity index (χ0) is 31.7. The van der Waals surface area contributed by atoms with Crippen LogP contribution >= 0.6 is 23.2 Å². The first kappa shape index (κ1) is 34.0. The number of aryl methyl sites for hydroxylation is 1. The van der Waals surface area contributed by atoms with E-state index in [9.17, 15) is 18.0 Å². The van der Waals surface area contributed by atoms with Gasteiger partial charge in [0.05, 0.1) is 24.8 Å². The fraction of sp³-hybridized carbons (Fsp3) is 0.355. The molecule has 9 nitrogen and oxygen atoms in total. The second kappa shape index (κ2) is 15.3. The van der Waals surface area contributed by atoms with Gasteiger partial charge < -0.3 is 19.7 Å². The number of unbranched alkanes of at least 4 members (excludes halogenated alkanes) is 1. The fourth-order valence-electron chi connectivity index (χ4n) is 4.31. The predicted octanol–water partition coefficient (Wildman–Crippen LogP) is 5.85. The Kier molecular flexibility index (Phi) is 12.1. The van der Waals surface area contributed by atoms with Crippen molar-refractivity contribution in [3.05, 3.63) is 81.8 Å². The molecule has 3 aromatic rings. The molecule has 0 aromatic heterocycles. The van der Waals surface area contributed by atoms with Crippen LogP contribution in [0.5, 0.6) is 11.5 Å². The largest absolute Gasteiger partial charge is 0.497 e. The lowest BCUT2D eigenvalue weighted by Crippen LogP contribution is -2.51. The van der Waals surface area contributed by atoms with Crippen LogP contribution in [0, 0.1) is 6.92 Å². The van der Waals surface area contributed by atoms with Crippen molar-refractivity contribution >= 4 is 50.7 Å². The van der Waals surface area contributed by atoms with Crippen molar-refractivity contribution in [2.24, 2.45) is 0 Å². The average molecular weight is 651 g/mol. The number of halogens is 2. The molecule has 0 aliphatic heterocycles. The van der Waals surface area contributed by atoms with Gasteiger partial charge in [0.1, 0.15) is 24.1 Å². The second-order valence-corrected chi connectivity index (χ2v) is 12.6. The van der Waals surface area contributed by atoms with Crippen molar-refractivity contribution in [3.63, 3.8) is 0 Å². The van der Waals surface area contributed by atoms with E-state index in [2.05, 4.69) is 5.32 Å². The van der Waals surface area contributed by atoms with E-state index in [1.165, 1.54) is 37.3 Å². The van der Waals surface area contributed by atoms with Crippen LogP contribution in [0.15, 0.2) is 65.6 Å². The van der Waals surface area contributed by atoms with Gasteiger partial charge in [-0.25, -0.2) is 8.42 Å². The van der Waals surface area contributed by atoms with E-state index in [4.69, 9.17) is 32.7 Å². The molecule has 232 valence electrons. The maximum absolute atomic E-state index is 14.2. The number of sulfonamides is 1. The third-order valence-electron chi connectivity index (χ3n) is 6.93. The van der Waals surface area contributed by atoms with E-state index in [1.807, 2.05) is 13.8 Å². The lowest BCUT2D eigenvalue weighted by molar-refractivity contribution is -0.139. The van der Waals surface area contributed by atoms with Gasteiger partial charge in [-0.15, -0.1) is 0 Å². The summed E-state index contributed by atoms with van der Waals surface area (Å²) in [6, 6.07) is 14.9. The third-order valence-corrected chi connectivity index (χ3v) is 9.41. The lowest BCUT2D eigenvalue weighted by Gasteiger charge is -2.32. The molecule has 0 fully saturated rings. The zero-order valence-corrected chi connectivity index (χ0v) is 27.2. The summed E-state index contributed by atoms with van der Waals surface area (Å²) in [7, 11) is -1.46. The van der Waals surface area contributed by atoms with Gasteiger partial charge in [-0.3, -0.25) is 13.9 Å². The van der Waals surface area contributed by atoms with Gasteiger partial charge >= 0.3 is 0 Å². The van der Waals surface area contributed by atoms with Gasteiger partial charge in [0.2, 0.25) is 11.8 Å². The third kappa shape index (κ3) is 8.34. The summed E-state index contributed by atoms with van der Waals surface area (Å²) in [5.74, 6) is -0.488. The van der Waals surface area contributed by atoms with Gasteiger partial charge in [-0.1, -0.05) is 60.3 Å². The number of benzene rings is 3. The molecule has 1 atom stereocenters. The normalized spacial score (nSPS) is 11.9. The van der Waals surface area contributed by atoms with Crippen molar-refractivity contribution in [3.8, 4) is 11.5 Å². The standard InChI is InChI=1S/C31H37Cl2N3O6S/c1-6-7-17-34-31(38)22(3)35(19-25-26(32)9-8-10-27(25)33)30(37)20-36(28-18-23(41-4)13-16-29(28)42-5)43(39,40)24-14-11-21(2)12-15-24/h8-16,18,22H,6-7,17,19-20H2,1-5H3,(H,34,38)/t22-/m1/s1. The van der Waals surface area contributed by atoms with Crippen molar-refractivity contribution in [1.29, 1.82) is 0 Å². The van der Waals surface area contributed by atoms with E-state index in [0.29, 0.717) is 27.9 Å². The minimum atomic E-state index is -4.31. The van der Waals surface area contributed by atoms with E-state index >= 15 is 0 Å². The molecule has 0 saturated carbocycles. The van der Waals surface area contributed by atoms with Crippen LogP contribution in [0.1, 0.15) is 37.8 Å². The highest BCUT2D eigenvalue weighted by Crippen LogP contribution is 2.36. The molecule has 0 saturated heterocycles. The minimum absolute atomic E-state index is 0.0261. The Balaban J connectivity index is 2.13. The van der Waals surface area contributed by atoms with E-state index in [0.717, 1.165) is 22.7 Å². The molecule has 0 aliphatic rings. The van der Waals surface area contributed by atoms with Crippen LogP contribution in [-0.4, -0.2) is 58.5 Å². The number of methoxy groups -OCH3 is 2. The molecule has 0 aliphatic carbocycles. The number of hydrogen-bond donors (Lipinski definition) is 1. The maximum atomic E-state index is 14.2. The van der Waals surface area contributed by atoms with Crippen LogP contribution < -0.4 is 19.1 Å². The van der Waals surface area contributed by atoms with Gasteiger partial charge in [-0.2, -0.15) is 0 Å². The minimum Gasteiger partial charge on any atom is -0.497 e. The highest BCUT2D eigenvalue weighted by Gasteiger charge is 2.34. The Bertz CT molecular complexity index is 1510. The van der Waals surface area contributed by atoms with Crippen LogP contribution in [0.25, 0.3) is 0 Å². The fourth-order valence-corrected chi connectivity index (χ4v) is 6.25. The lowest BCUT2D eigenvalue weighted by atomic mass is 10.1. The summed E-state index contributed by atoms with van der Waals surface area (Å²) in [6.45, 7) is 5.06. The topological polar surface area (TPSA) is 105 Å². The molecule has 0 bridgehead atoms. The monoisotopic (exact) mass is 649 g/mol. The first-order valence-electron chi connectivity index (χ1n) is 13.8.